The Kier molecular flexibility index (Phi) is 4.72. The van der Waals surface area contributed by atoms with Gasteiger partial charge in [0.05, 0.1) is 13.0 Å². The molecule has 0 aromatic heterocycles. The molecule has 21 heavy (non-hydrogen) atoms. The highest BCUT2D eigenvalue weighted by molar-refractivity contribution is 6.02. The van der Waals surface area contributed by atoms with Crippen LogP contribution in [0.2, 0.25) is 0 Å². The maximum atomic E-state index is 12.1. The summed E-state index contributed by atoms with van der Waals surface area (Å²) in [6.07, 6.45) is -4.34. The van der Waals surface area contributed by atoms with Crippen molar-refractivity contribution < 1.29 is 22.7 Å². The molecule has 2 N–H and O–H groups in total. The number of hydrogen-bond donors (Lipinski definition) is 2. The minimum Gasteiger partial charge on any atom is -0.493 e. The molecule has 0 radical (unpaired) electrons. The van der Waals surface area contributed by atoms with Gasteiger partial charge in [0, 0.05) is 17.3 Å². The van der Waals surface area contributed by atoms with Crippen LogP contribution < -0.4 is 15.4 Å². The predicted molar refractivity (Wildman–Crippen MR) is 72.3 cm³/mol. The molecule has 1 amide bonds. The number of anilines is 1. The van der Waals surface area contributed by atoms with Gasteiger partial charge in [0.15, 0.2) is 0 Å². The van der Waals surface area contributed by atoms with Gasteiger partial charge >= 0.3 is 6.18 Å². The molecule has 1 heterocycles. The first-order chi connectivity index (χ1) is 9.90. The highest BCUT2D eigenvalue weighted by Gasteiger charge is 2.30. The topological polar surface area (TPSA) is 50.4 Å². The van der Waals surface area contributed by atoms with Gasteiger partial charge in [-0.25, -0.2) is 0 Å². The van der Waals surface area contributed by atoms with Crippen molar-refractivity contribution in [3.05, 3.63) is 23.8 Å². The van der Waals surface area contributed by atoms with Crippen LogP contribution in [0, 0.1) is 0 Å². The van der Waals surface area contributed by atoms with Crippen LogP contribution in [0.5, 0.6) is 5.75 Å². The molecule has 0 spiro atoms. The summed E-state index contributed by atoms with van der Waals surface area (Å²) in [6, 6.07) is 4.42. The lowest BCUT2D eigenvalue weighted by Gasteiger charge is -2.11. The number of amides is 1. The van der Waals surface area contributed by atoms with Gasteiger partial charge < -0.3 is 15.4 Å². The second-order valence-corrected chi connectivity index (χ2v) is 4.84. The van der Waals surface area contributed by atoms with Crippen LogP contribution >= 0.6 is 0 Å². The lowest BCUT2D eigenvalue weighted by Crippen LogP contribution is -2.27. The zero-order valence-corrected chi connectivity index (χ0v) is 11.6. The molecule has 1 atom stereocenters. The summed E-state index contributed by atoms with van der Waals surface area (Å²) in [7, 11) is 0. The number of nitrogens with one attached hydrogen (secondary N) is 2. The number of hydrogen-bond acceptors (Lipinski definition) is 3. The average molecular weight is 302 g/mol. The molecule has 1 aromatic rings. The molecular formula is C14H17F3N2O2. The summed E-state index contributed by atoms with van der Waals surface area (Å²) in [5.74, 6) is 0.153. The quantitative estimate of drug-likeness (QED) is 0.849. The third-order valence-corrected chi connectivity index (χ3v) is 3.11. The fourth-order valence-electron chi connectivity index (χ4n) is 2.11. The van der Waals surface area contributed by atoms with Gasteiger partial charge in [0.1, 0.15) is 11.8 Å². The third-order valence-electron chi connectivity index (χ3n) is 3.11. The van der Waals surface area contributed by atoms with E-state index in [1.54, 1.807) is 18.2 Å². The van der Waals surface area contributed by atoms with Crippen LogP contribution in [0.4, 0.5) is 18.9 Å². The van der Waals surface area contributed by atoms with Crippen LogP contribution in [0.3, 0.4) is 0 Å². The summed E-state index contributed by atoms with van der Waals surface area (Å²) >= 11 is 0. The highest BCUT2D eigenvalue weighted by atomic mass is 19.4. The Morgan fingerprint density at radius 2 is 2.14 bits per heavy atom. The molecule has 1 aliphatic heterocycles. The van der Waals surface area contributed by atoms with Crippen molar-refractivity contribution in [2.24, 2.45) is 0 Å². The van der Waals surface area contributed by atoms with Crippen molar-refractivity contribution in [1.29, 1.82) is 0 Å². The van der Waals surface area contributed by atoms with Gasteiger partial charge in [0.25, 0.3) is 0 Å². The van der Waals surface area contributed by atoms with Crippen molar-refractivity contribution in [3.63, 3.8) is 0 Å². The van der Waals surface area contributed by atoms with E-state index >= 15 is 0 Å². The van der Waals surface area contributed by atoms with E-state index in [0.717, 1.165) is 12.0 Å². The van der Waals surface area contributed by atoms with Crippen LogP contribution in [-0.4, -0.2) is 25.2 Å². The van der Waals surface area contributed by atoms with Crippen LogP contribution in [0.25, 0.3) is 0 Å². The molecule has 7 heteroatoms. The lowest BCUT2D eigenvalue weighted by atomic mass is 10.1. The fourth-order valence-corrected chi connectivity index (χ4v) is 2.11. The maximum Gasteiger partial charge on any atom is 0.392 e. The maximum absolute atomic E-state index is 12.1. The second kappa shape index (κ2) is 6.34. The summed E-state index contributed by atoms with van der Waals surface area (Å²) in [5.41, 5.74) is 1.37. The SMILES string of the molecule is CCCNC1C(=O)Nc2cc(OCCC(F)(F)F)ccc21. The number of rotatable bonds is 6. The molecule has 0 bridgehead atoms. The average Bonchev–Trinajstić information content (AvgIpc) is 2.70. The Labute approximate surface area is 120 Å². The van der Waals surface area contributed by atoms with Crippen molar-refractivity contribution in [3.8, 4) is 5.75 Å². The highest BCUT2D eigenvalue weighted by Crippen LogP contribution is 2.34. The molecule has 1 aliphatic rings. The van der Waals surface area contributed by atoms with E-state index in [4.69, 9.17) is 4.74 Å². The minimum atomic E-state index is -4.24. The van der Waals surface area contributed by atoms with E-state index in [2.05, 4.69) is 10.6 Å². The Bertz CT molecular complexity index is 517. The number of alkyl halides is 3. The summed E-state index contributed by atoms with van der Waals surface area (Å²) in [4.78, 5) is 11.8. The molecule has 0 fully saturated rings. The van der Waals surface area contributed by atoms with Gasteiger partial charge in [-0.2, -0.15) is 13.2 Å². The van der Waals surface area contributed by atoms with E-state index < -0.39 is 25.2 Å². The van der Waals surface area contributed by atoms with Gasteiger partial charge in [-0.05, 0) is 19.0 Å². The molecule has 2 rings (SSSR count). The molecule has 0 aliphatic carbocycles. The number of carbonyl (C=O) groups is 1. The van der Waals surface area contributed by atoms with Crippen LogP contribution in [0.1, 0.15) is 31.4 Å². The Morgan fingerprint density at radius 3 is 2.81 bits per heavy atom. The van der Waals surface area contributed by atoms with Crippen molar-refractivity contribution >= 4 is 11.6 Å². The summed E-state index contributed by atoms with van der Waals surface area (Å²) in [6.45, 7) is 2.27. The summed E-state index contributed by atoms with van der Waals surface area (Å²) in [5, 5.41) is 5.82. The zero-order chi connectivity index (χ0) is 15.5. The lowest BCUT2D eigenvalue weighted by molar-refractivity contribution is -0.139. The Balaban J connectivity index is 2.00. The third kappa shape index (κ3) is 4.10. The Hall–Kier alpha value is -1.76. The Morgan fingerprint density at radius 1 is 1.38 bits per heavy atom. The fraction of sp³-hybridized carbons (Fsp3) is 0.500. The molecule has 0 saturated heterocycles. The van der Waals surface area contributed by atoms with E-state index in [1.165, 1.54) is 0 Å². The zero-order valence-electron chi connectivity index (χ0n) is 11.6. The van der Waals surface area contributed by atoms with Gasteiger partial charge in [0.2, 0.25) is 5.91 Å². The number of halogens is 3. The number of ether oxygens (including phenoxy) is 1. The molecule has 116 valence electrons. The van der Waals surface area contributed by atoms with E-state index in [1.807, 2.05) is 6.92 Å². The van der Waals surface area contributed by atoms with Gasteiger partial charge in [-0.1, -0.05) is 13.0 Å². The van der Waals surface area contributed by atoms with Gasteiger partial charge in [-0.3, -0.25) is 4.79 Å². The largest absolute Gasteiger partial charge is 0.493 e. The van der Waals surface area contributed by atoms with Crippen molar-refractivity contribution in [1.82, 2.24) is 5.32 Å². The minimum absolute atomic E-state index is 0.161. The number of benzene rings is 1. The molecular weight excluding hydrogens is 285 g/mol. The number of fused-ring (bicyclic) bond motifs is 1. The monoisotopic (exact) mass is 302 g/mol. The van der Waals surface area contributed by atoms with E-state index in [9.17, 15) is 18.0 Å². The van der Waals surface area contributed by atoms with Crippen LogP contribution in [0.15, 0.2) is 18.2 Å². The van der Waals surface area contributed by atoms with Crippen molar-refractivity contribution in [2.75, 3.05) is 18.5 Å². The van der Waals surface area contributed by atoms with Crippen molar-refractivity contribution in [2.45, 2.75) is 32.0 Å². The molecule has 1 aromatic carbocycles. The normalized spacial score (nSPS) is 17.5. The first kappa shape index (κ1) is 15.6. The second-order valence-electron chi connectivity index (χ2n) is 4.84. The molecule has 1 unspecified atom stereocenters. The first-order valence-electron chi connectivity index (χ1n) is 6.78. The predicted octanol–water partition coefficient (Wildman–Crippen LogP) is 3.01. The smallest absolute Gasteiger partial charge is 0.392 e. The van der Waals surface area contributed by atoms with E-state index in [0.29, 0.717) is 18.0 Å². The summed E-state index contributed by atoms with van der Waals surface area (Å²) < 4.78 is 41.2. The first-order valence-corrected chi connectivity index (χ1v) is 6.78. The standard InChI is InChI=1S/C14H17F3N2O2/c1-2-6-18-12-10-4-3-9(8-11(10)19-13(12)20)21-7-5-14(15,16)17/h3-4,8,12,18H,2,5-7H2,1H3,(H,19,20). The number of carbonyl (C=O) groups excluding carboxylic acids is 1. The van der Waals surface area contributed by atoms with Gasteiger partial charge in [-0.15, -0.1) is 0 Å². The molecule has 4 nitrogen and oxygen atoms in total. The molecule has 0 saturated carbocycles. The van der Waals surface area contributed by atoms with E-state index in [-0.39, 0.29) is 5.91 Å². The van der Waals surface area contributed by atoms with Crippen LogP contribution in [-0.2, 0) is 4.79 Å².